The summed E-state index contributed by atoms with van der Waals surface area (Å²) in [5.41, 5.74) is 0. The number of hydrogen-bond acceptors (Lipinski definition) is 5. The van der Waals surface area contributed by atoms with Crippen LogP contribution in [0.3, 0.4) is 0 Å². The van der Waals surface area contributed by atoms with Gasteiger partial charge in [0, 0.05) is 13.0 Å². The summed E-state index contributed by atoms with van der Waals surface area (Å²) in [6, 6.07) is 3.01. The van der Waals surface area contributed by atoms with Crippen LogP contribution in [0.4, 0.5) is 0 Å². The van der Waals surface area contributed by atoms with E-state index in [1.165, 1.54) is 0 Å². The van der Waals surface area contributed by atoms with Gasteiger partial charge in [-0.1, -0.05) is 0 Å². The Bertz CT molecular complexity index is 588. The third kappa shape index (κ3) is 3.78. The van der Waals surface area contributed by atoms with Crippen LogP contribution >= 0.6 is 27.3 Å². The molecule has 0 atom stereocenters. The van der Waals surface area contributed by atoms with E-state index < -0.39 is 16.0 Å². The number of thiophene rings is 1. The molecule has 0 aliphatic rings. The predicted octanol–water partition coefficient (Wildman–Crippen LogP) is 1.79. The minimum absolute atomic E-state index is 0.0562. The molecule has 18 heavy (non-hydrogen) atoms. The molecule has 0 bridgehead atoms. The average molecular weight is 353 g/mol. The van der Waals surface area contributed by atoms with E-state index in [0.717, 1.165) is 17.4 Å². The first-order chi connectivity index (χ1) is 8.38. The number of unbranched alkanes of at least 4 members (excludes halogenated alkanes) is 1. The highest BCUT2D eigenvalue weighted by atomic mass is 79.9. The fourth-order valence-corrected chi connectivity index (χ4v) is 4.57. The van der Waals surface area contributed by atoms with Crippen molar-refractivity contribution in [1.29, 1.82) is 5.26 Å². The first kappa shape index (κ1) is 15.1. The fourth-order valence-electron chi connectivity index (χ4n) is 1.09. The quantitative estimate of drug-likeness (QED) is 0.758. The second-order valence-electron chi connectivity index (χ2n) is 3.21. The first-order valence-electron chi connectivity index (χ1n) is 4.77. The van der Waals surface area contributed by atoms with Gasteiger partial charge in [0.25, 0.3) is 0 Å². The van der Waals surface area contributed by atoms with E-state index in [-0.39, 0.29) is 26.5 Å². The highest BCUT2D eigenvalue weighted by Gasteiger charge is 2.22. The number of halogens is 1. The molecule has 2 N–H and O–H groups in total. The van der Waals surface area contributed by atoms with Gasteiger partial charge in [-0.15, -0.1) is 11.3 Å². The number of rotatable bonds is 6. The minimum atomic E-state index is -3.74. The summed E-state index contributed by atoms with van der Waals surface area (Å²) in [7, 11) is -3.74. The zero-order valence-electron chi connectivity index (χ0n) is 9.01. The van der Waals surface area contributed by atoms with E-state index in [0.29, 0.717) is 6.42 Å². The van der Waals surface area contributed by atoms with Crippen LogP contribution in [0.15, 0.2) is 14.7 Å². The third-order valence-electron chi connectivity index (χ3n) is 1.91. The van der Waals surface area contributed by atoms with Crippen LogP contribution in [0.2, 0.25) is 0 Å². The number of hydrogen-bond donors (Lipinski definition) is 2. The summed E-state index contributed by atoms with van der Waals surface area (Å²) in [6.45, 7) is 0.139. The lowest BCUT2D eigenvalue weighted by atomic mass is 10.3. The van der Waals surface area contributed by atoms with Crippen LogP contribution in [-0.4, -0.2) is 26.0 Å². The van der Waals surface area contributed by atoms with Crippen molar-refractivity contribution in [3.8, 4) is 6.07 Å². The average Bonchev–Trinajstić information content (AvgIpc) is 2.68. The molecule has 0 spiro atoms. The molecular formula is C9H9BrN2O4S2. The molecule has 0 saturated carbocycles. The summed E-state index contributed by atoms with van der Waals surface area (Å²) in [5.74, 6) is -1.17. The van der Waals surface area contributed by atoms with Crippen molar-refractivity contribution in [2.45, 2.75) is 17.7 Å². The number of carbonyl (C=O) groups is 1. The van der Waals surface area contributed by atoms with Gasteiger partial charge in [-0.2, -0.15) is 5.26 Å². The molecule has 0 aliphatic heterocycles. The Morgan fingerprint density at radius 3 is 2.78 bits per heavy atom. The molecule has 6 nitrogen and oxygen atoms in total. The predicted molar refractivity (Wildman–Crippen MR) is 69.0 cm³/mol. The van der Waals surface area contributed by atoms with Gasteiger partial charge in [-0.25, -0.2) is 17.9 Å². The van der Waals surface area contributed by atoms with Gasteiger partial charge < -0.3 is 5.11 Å². The highest BCUT2D eigenvalue weighted by Crippen LogP contribution is 2.31. The van der Waals surface area contributed by atoms with Gasteiger partial charge in [0.2, 0.25) is 10.0 Å². The van der Waals surface area contributed by atoms with Crippen LogP contribution < -0.4 is 4.72 Å². The smallest absolute Gasteiger partial charge is 0.345 e. The van der Waals surface area contributed by atoms with Gasteiger partial charge in [0.15, 0.2) is 0 Å². The zero-order chi connectivity index (χ0) is 13.8. The van der Waals surface area contributed by atoms with Crippen molar-refractivity contribution < 1.29 is 18.3 Å². The maximum atomic E-state index is 11.8. The van der Waals surface area contributed by atoms with Gasteiger partial charge in [-0.05, 0) is 28.4 Å². The molecule has 0 radical (unpaired) electrons. The molecule has 0 amide bonds. The molecule has 0 aliphatic carbocycles. The van der Waals surface area contributed by atoms with Gasteiger partial charge in [0.05, 0.1) is 9.86 Å². The SMILES string of the molecule is N#CCCCNS(=O)(=O)c1cc(C(=O)O)sc1Br. The number of carboxylic acids is 1. The van der Waals surface area contributed by atoms with Crippen molar-refractivity contribution in [3.05, 3.63) is 14.7 Å². The molecule has 0 saturated heterocycles. The molecule has 9 heteroatoms. The first-order valence-corrected chi connectivity index (χ1v) is 7.87. The van der Waals surface area contributed by atoms with Gasteiger partial charge in [-0.3, -0.25) is 0 Å². The topological polar surface area (TPSA) is 107 Å². The number of sulfonamides is 1. The van der Waals surface area contributed by atoms with Crippen molar-refractivity contribution in [2.24, 2.45) is 0 Å². The number of nitrogens with one attached hydrogen (secondary N) is 1. The Morgan fingerprint density at radius 1 is 1.61 bits per heavy atom. The molecule has 0 unspecified atom stereocenters. The minimum Gasteiger partial charge on any atom is -0.477 e. The van der Waals surface area contributed by atoms with E-state index in [2.05, 4.69) is 20.7 Å². The third-order valence-corrected chi connectivity index (χ3v) is 5.61. The number of carboxylic acid groups (broad SMARTS) is 1. The molecule has 0 fully saturated rings. The number of nitrogens with zero attached hydrogens (tertiary/aromatic N) is 1. The van der Waals surface area contributed by atoms with Crippen LogP contribution in [0, 0.1) is 11.3 Å². The van der Waals surface area contributed by atoms with Crippen molar-refractivity contribution in [1.82, 2.24) is 4.72 Å². The maximum Gasteiger partial charge on any atom is 0.345 e. The zero-order valence-corrected chi connectivity index (χ0v) is 12.2. The van der Waals surface area contributed by atoms with Crippen LogP contribution in [-0.2, 0) is 10.0 Å². The standard InChI is InChI=1S/C9H9BrN2O4S2/c10-8-7(5-6(17-8)9(13)14)18(15,16)12-4-2-1-3-11/h5,12H,1-2,4H2,(H,13,14). The Morgan fingerprint density at radius 2 is 2.28 bits per heavy atom. The lowest BCUT2D eigenvalue weighted by Crippen LogP contribution is -2.24. The highest BCUT2D eigenvalue weighted by molar-refractivity contribution is 9.11. The number of nitriles is 1. The van der Waals surface area contributed by atoms with Crippen molar-refractivity contribution >= 4 is 43.3 Å². The Balaban J connectivity index is 2.85. The fraction of sp³-hybridized carbons (Fsp3) is 0.333. The Labute approximate surface area is 116 Å². The van der Waals surface area contributed by atoms with E-state index in [9.17, 15) is 13.2 Å². The van der Waals surface area contributed by atoms with Crippen molar-refractivity contribution in [2.75, 3.05) is 6.54 Å². The maximum absolute atomic E-state index is 11.8. The lowest BCUT2D eigenvalue weighted by Gasteiger charge is -2.03. The normalized spacial score (nSPS) is 11.1. The second kappa shape index (κ2) is 6.29. The van der Waals surface area contributed by atoms with Crippen LogP contribution in [0.1, 0.15) is 22.5 Å². The van der Waals surface area contributed by atoms with Crippen molar-refractivity contribution in [3.63, 3.8) is 0 Å². The van der Waals surface area contributed by atoms with Crippen LogP contribution in [0.25, 0.3) is 0 Å². The summed E-state index contributed by atoms with van der Waals surface area (Å²) >= 11 is 3.87. The van der Waals surface area contributed by atoms with Crippen LogP contribution in [0.5, 0.6) is 0 Å². The largest absolute Gasteiger partial charge is 0.477 e. The summed E-state index contributed by atoms with van der Waals surface area (Å²) in [5, 5.41) is 17.1. The molecule has 1 aromatic rings. The second-order valence-corrected chi connectivity index (χ2v) is 7.32. The Kier molecular flexibility index (Phi) is 5.28. The summed E-state index contributed by atoms with van der Waals surface area (Å²) in [6.07, 6.45) is 0.664. The van der Waals surface area contributed by atoms with Gasteiger partial charge >= 0.3 is 5.97 Å². The van der Waals surface area contributed by atoms with Gasteiger partial charge in [0.1, 0.15) is 9.77 Å². The molecule has 1 aromatic heterocycles. The van der Waals surface area contributed by atoms with E-state index in [1.54, 1.807) is 0 Å². The van der Waals surface area contributed by atoms with E-state index in [4.69, 9.17) is 10.4 Å². The monoisotopic (exact) mass is 352 g/mol. The molecule has 1 rings (SSSR count). The lowest BCUT2D eigenvalue weighted by molar-refractivity contribution is 0.0702. The molecule has 0 aromatic carbocycles. The molecular weight excluding hydrogens is 344 g/mol. The summed E-state index contributed by atoms with van der Waals surface area (Å²) < 4.78 is 26.2. The molecule has 1 heterocycles. The van der Waals surface area contributed by atoms with E-state index >= 15 is 0 Å². The summed E-state index contributed by atoms with van der Waals surface area (Å²) in [4.78, 5) is 10.6. The Hall–Kier alpha value is -0.950. The number of aromatic carboxylic acids is 1. The van der Waals surface area contributed by atoms with E-state index in [1.807, 2.05) is 6.07 Å². The molecule has 98 valence electrons.